The molecule has 0 aromatic carbocycles. The lowest BCUT2D eigenvalue weighted by Gasteiger charge is -2.25. The van der Waals surface area contributed by atoms with Gasteiger partial charge in [-0.25, -0.2) is 4.98 Å². The van der Waals surface area contributed by atoms with Crippen LogP contribution in [0.25, 0.3) is 0 Å². The Balaban J connectivity index is 2.00. The van der Waals surface area contributed by atoms with E-state index in [0.29, 0.717) is 11.6 Å². The fraction of sp³-hybridized carbons (Fsp3) is 0.583. The van der Waals surface area contributed by atoms with Crippen molar-refractivity contribution < 1.29 is 4.92 Å². The van der Waals surface area contributed by atoms with Crippen molar-refractivity contribution in [2.75, 3.05) is 24.2 Å². The van der Waals surface area contributed by atoms with Crippen LogP contribution in [0.2, 0.25) is 0 Å². The molecule has 0 atom stereocenters. The first-order chi connectivity index (χ1) is 8.70. The summed E-state index contributed by atoms with van der Waals surface area (Å²) < 4.78 is 0. The van der Waals surface area contributed by atoms with Crippen LogP contribution in [0.5, 0.6) is 0 Å². The largest absolute Gasteiger partial charge is 0.373 e. The van der Waals surface area contributed by atoms with E-state index in [1.54, 1.807) is 13.1 Å². The van der Waals surface area contributed by atoms with Crippen molar-refractivity contribution in [3.05, 3.63) is 22.2 Å². The van der Waals surface area contributed by atoms with Gasteiger partial charge >= 0.3 is 5.69 Å². The highest BCUT2D eigenvalue weighted by Crippen LogP contribution is 2.30. The molecule has 1 heterocycles. The maximum absolute atomic E-state index is 10.9. The summed E-state index contributed by atoms with van der Waals surface area (Å²) >= 11 is 0. The average molecular weight is 250 g/mol. The lowest BCUT2D eigenvalue weighted by atomic mass is 9.83. The van der Waals surface area contributed by atoms with E-state index in [-0.39, 0.29) is 5.69 Å². The molecule has 0 amide bonds. The normalized spacial score (nSPS) is 14.9. The molecule has 1 aromatic rings. The lowest BCUT2D eigenvalue weighted by molar-refractivity contribution is -0.384. The molecular weight excluding hydrogens is 232 g/mol. The Morgan fingerprint density at radius 2 is 2.28 bits per heavy atom. The van der Waals surface area contributed by atoms with E-state index >= 15 is 0 Å². The highest BCUT2D eigenvalue weighted by atomic mass is 16.6. The van der Waals surface area contributed by atoms with Crippen molar-refractivity contribution in [3.8, 4) is 0 Å². The third-order valence-corrected chi connectivity index (χ3v) is 3.40. The highest BCUT2D eigenvalue weighted by molar-refractivity contribution is 5.60. The molecule has 0 spiro atoms. The van der Waals surface area contributed by atoms with Gasteiger partial charge in [0.15, 0.2) is 0 Å². The third-order valence-electron chi connectivity index (χ3n) is 3.40. The van der Waals surface area contributed by atoms with Gasteiger partial charge in [-0.2, -0.15) is 0 Å². The standard InChI is InChI=1S/C12H18N4O2/c1-13-11-6-5-10(16(17)18)12(15-11)14-8-7-9-3-2-4-9/h5-6,9H,2-4,7-8H2,1H3,(H2,13,14,15). The number of nitrogens with one attached hydrogen (secondary N) is 2. The van der Waals surface area contributed by atoms with Gasteiger partial charge in [-0.15, -0.1) is 0 Å². The van der Waals surface area contributed by atoms with E-state index in [1.165, 1.54) is 25.3 Å². The minimum absolute atomic E-state index is 0.0302. The van der Waals surface area contributed by atoms with Crippen molar-refractivity contribution in [2.45, 2.75) is 25.7 Å². The third kappa shape index (κ3) is 2.88. The Bertz CT molecular complexity index is 432. The molecule has 98 valence electrons. The summed E-state index contributed by atoms with van der Waals surface area (Å²) in [5, 5.41) is 16.8. The Morgan fingerprint density at radius 1 is 1.50 bits per heavy atom. The Labute approximate surface area is 106 Å². The van der Waals surface area contributed by atoms with E-state index in [0.717, 1.165) is 18.9 Å². The molecule has 1 fully saturated rings. The molecule has 6 nitrogen and oxygen atoms in total. The molecule has 0 aliphatic heterocycles. The molecule has 0 saturated heterocycles. The van der Waals surface area contributed by atoms with Crippen LogP contribution in [0.4, 0.5) is 17.3 Å². The number of hydrogen-bond donors (Lipinski definition) is 2. The smallest absolute Gasteiger partial charge is 0.311 e. The van der Waals surface area contributed by atoms with Crippen LogP contribution in [0, 0.1) is 16.0 Å². The van der Waals surface area contributed by atoms with Crippen molar-refractivity contribution in [1.82, 2.24) is 4.98 Å². The second-order valence-corrected chi connectivity index (χ2v) is 4.58. The van der Waals surface area contributed by atoms with Gasteiger partial charge in [0.25, 0.3) is 0 Å². The molecule has 6 heteroatoms. The summed E-state index contributed by atoms with van der Waals surface area (Å²) in [6, 6.07) is 3.08. The van der Waals surface area contributed by atoms with Crippen molar-refractivity contribution in [1.29, 1.82) is 0 Å². The number of pyridine rings is 1. The second kappa shape index (κ2) is 5.66. The number of hydrogen-bond acceptors (Lipinski definition) is 5. The summed E-state index contributed by atoms with van der Waals surface area (Å²) in [6.45, 7) is 0.742. The summed E-state index contributed by atoms with van der Waals surface area (Å²) in [5.74, 6) is 1.77. The van der Waals surface area contributed by atoms with Crippen LogP contribution in [-0.2, 0) is 0 Å². The summed E-state index contributed by atoms with van der Waals surface area (Å²) in [6.07, 6.45) is 4.95. The van der Waals surface area contributed by atoms with Gasteiger partial charge in [0.05, 0.1) is 4.92 Å². The zero-order valence-corrected chi connectivity index (χ0v) is 10.5. The minimum atomic E-state index is -0.405. The zero-order valence-electron chi connectivity index (χ0n) is 10.5. The van der Waals surface area contributed by atoms with E-state index in [9.17, 15) is 10.1 Å². The number of rotatable bonds is 6. The minimum Gasteiger partial charge on any atom is -0.373 e. The Hall–Kier alpha value is -1.85. The van der Waals surface area contributed by atoms with Crippen LogP contribution in [0.1, 0.15) is 25.7 Å². The maximum atomic E-state index is 10.9. The van der Waals surface area contributed by atoms with Gasteiger partial charge in [-0.1, -0.05) is 19.3 Å². The predicted molar refractivity (Wildman–Crippen MR) is 70.9 cm³/mol. The van der Waals surface area contributed by atoms with Gasteiger partial charge in [-0.05, 0) is 18.4 Å². The summed E-state index contributed by atoms with van der Waals surface area (Å²) in [4.78, 5) is 14.7. The topological polar surface area (TPSA) is 80.1 Å². The van der Waals surface area contributed by atoms with Gasteiger partial charge in [0.2, 0.25) is 5.82 Å². The predicted octanol–water partition coefficient (Wildman–Crippen LogP) is 2.63. The first-order valence-electron chi connectivity index (χ1n) is 6.27. The molecule has 1 aliphatic rings. The summed E-state index contributed by atoms with van der Waals surface area (Å²) in [5.41, 5.74) is 0.0302. The molecule has 1 saturated carbocycles. The maximum Gasteiger partial charge on any atom is 0.311 e. The van der Waals surface area contributed by atoms with Crippen molar-refractivity contribution in [2.24, 2.45) is 5.92 Å². The number of aromatic nitrogens is 1. The Kier molecular flexibility index (Phi) is 3.96. The molecular formula is C12H18N4O2. The first kappa shape index (κ1) is 12.6. The van der Waals surface area contributed by atoms with Crippen LogP contribution in [-0.4, -0.2) is 23.5 Å². The SMILES string of the molecule is CNc1ccc([N+](=O)[O-])c(NCCC2CCC2)n1. The van der Waals surface area contributed by atoms with Crippen LogP contribution >= 0.6 is 0 Å². The van der Waals surface area contributed by atoms with Crippen LogP contribution in [0.3, 0.4) is 0 Å². The molecule has 1 aliphatic carbocycles. The second-order valence-electron chi connectivity index (χ2n) is 4.58. The molecule has 18 heavy (non-hydrogen) atoms. The zero-order chi connectivity index (χ0) is 13.0. The number of anilines is 2. The van der Waals surface area contributed by atoms with Crippen molar-refractivity contribution in [3.63, 3.8) is 0 Å². The molecule has 2 N–H and O–H groups in total. The number of nitro groups is 1. The van der Waals surface area contributed by atoms with Gasteiger partial charge < -0.3 is 10.6 Å². The summed E-state index contributed by atoms with van der Waals surface area (Å²) in [7, 11) is 1.74. The lowest BCUT2D eigenvalue weighted by Crippen LogP contribution is -2.16. The van der Waals surface area contributed by atoms with Crippen LogP contribution in [0.15, 0.2) is 12.1 Å². The molecule has 0 unspecified atom stereocenters. The van der Waals surface area contributed by atoms with E-state index < -0.39 is 4.92 Å². The quantitative estimate of drug-likeness (QED) is 0.599. The molecule has 2 rings (SSSR count). The molecule has 0 bridgehead atoms. The van der Waals surface area contributed by atoms with E-state index in [2.05, 4.69) is 15.6 Å². The highest BCUT2D eigenvalue weighted by Gasteiger charge is 2.19. The fourth-order valence-corrected chi connectivity index (χ4v) is 2.04. The average Bonchev–Trinajstić information content (AvgIpc) is 2.31. The van der Waals surface area contributed by atoms with Gasteiger partial charge in [0.1, 0.15) is 5.82 Å². The van der Waals surface area contributed by atoms with E-state index in [4.69, 9.17) is 0 Å². The molecule has 1 aromatic heterocycles. The van der Waals surface area contributed by atoms with Crippen LogP contribution < -0.4 is 10.6 Å². The number of nitrogens with zero attached hydrogens (tertiary/aromatic N) is 2. The fourth-order valence-electron chi connectivity index (χ4n) is 2.04. The van der Waals surface area contributed by atoms with Gasteiger partial charge in [-0.3, -0.25) is 10.1 Å². The van der Waals surface area contributed by atoms with Gasteiger partial charge in [0, 0.05) is 19.7 Å². The molecule has 0 radical (unpaired) electrons. The van der Waals surface area contributed by atoms with E-state index in [1.807, 2.05) is 0 Å². The van der Waals surface area contributed by atoms with Crippen molar-refractivity contribution >= 4 is 17.3 Å². The monoisotopic (exact) mass is 250 g/mol. The Morgan fingerprint density at radius 3 is 2.83 bits per heavy atom. The first-order valence-corrected chi connectivity index (χ1v) is 6.27.